The fourth-order valence-electron chi connectivity index (χ4n) is 6.22. The number of rotatable bonds is 0. The zero-order chi connectivity index (χ0) is 32.5. The molecule has 0 aliphatic carbocycles. The Balaban J connectivity index is 1.61. The number of H-pyrrole nitrogens is 2. The lowest BCUT2D eigenvalue weighted by Gasteiger charge is -1.96. The molecule has 2 aliphatic rings. The molecular weight excluding hydrogens is 608 g/mol. The Morgan fingerprint density at radius 2 is 0.688 bits per heavy atom. The van der Waals surface area contributed by atoms with Crippen molar-refractivity contribution >= 4 is 44.1 Å². The van der Waals surface area contributed by atoms with Crippen LogP contribution in [0.2, 0.25) is 0 Å². The first-order valence-corrected chi connectivity index (χ1v) is 14.4. The third-order valence-corrected chi connectivity index (χ3v) is 8.29. The zero-order valence-corrected chi connectivity index (χ0v) is 24.2. The summed E-state index contributed by atoms with van der Waals surface area (Å²) in [5.74, 6) is 1.24. The molecule has 2 N–H and O–H groups in total. The Bertz CT molecular complexity index is 2950. The van der Waals surface area contributed by atoms with Crippen molar-refractivity contribution in [3.05, 3.63) is 116 Å². The van der Waals surface area contributed by atoms with Crippen LogP contribution >= 0.6 is 0 Å². The van der Waals surface area contributed by atoms with Gasteiger partial charge in [0, 0.05) is 33.0 Å². The standard InChI is InChI=1S/C32H14N16/c33-45-21-19-20(22(46-34)24(48-36)23(21)47-35)32-43-30-18-12-6-4-10-16(18)28(41-30)39-26-14-8-2-1-7-13(14)25(37-26)38-27-15-9-3-5-11-17(15)29(40-27)42-31(19)44-32/h1-12H,(H2,37,38,39,40,41,42,43,44). The number of hydrogen-bond donors (Lipinski definition) is 2. The quantitative estimate of drug-likeness (QED) is 0.189. The van der Waals surface area contributed by atoms with E-state index in [1.54, 1.807) is 0 Å². The number of benzene rings is 4. The van der Waals surface area contributed by atoms with Gasteiger partial charge in [-0.3, -0.25) is 0 Å². The van der Waals surface area contributed by atoms with Crippen molar-refractivity contribution in [1.82, 2.24) is 39.9 Å². The van der Waals surface area contributed by atoms with Crippen molar-refractivity contribution in [3.8, 4) is 45.6 Å². The van der Waals surface area contributed by atoms with E-state index in [2.05, 4.69) is 29.1 Å². The normalized spacial score (nSPS) is 11.3. The third kappa shape index (κ3) is 3.62. The highest BCUT2D eigenvalue weighted by Crippen LogP contribution is 2.36. The van der Waals surface area contributed by atoms with Gasteiger partial charge in [0.15, 0.2) is 34.6 Å². The van der Waals surface area contributed by atoms with Gasteiger partial charge in [0.25, 0.3) is 0 Å². The molecular formula is C32H14N16. The highest BCUT2D eigenvalue weighted by atomic mass is 15.1. The van der Waals surface area contributed by atoms with E-state index in [-0.39, 0.29) is 44.4 Å². The van der Waals surface area contributed by atoms with Crippen LogP contribution in [0.4, 0.5) is 0 Å². The molecule has 16 nitrogen and oxygen atoms in total. The monoisotopic (exact) mass is 622 g/mol. The predicted molar refractivity (Wildman–Crippen MR) is 165 cm³/mol. The molecule has 0 saturated carbocycles. The Hall–Kier alpha value is -7.72. The minimum absolute atomic E-state index is 0.0273. The Kier molecular flexibility index (Phi) is 5.49. The van der Waals surface area contributed by atoms with Crippen molar-refractivity contribution in [1.29, 1.82) is 0 Å². The van der Waals surface area contributed by atoms with Crippen molar-refractivity contribution < 1.29 is 19.2 Å². The number of hydrogen-bond acceptors (Lipinski definition) is 6. The minimum atomic E-state index is -0.489. The SMILES string of the molecule is [N-]=[N+]=c1c(=[N+]=[N-])c(=[N+]=[N-])c2c3nc4nc(nc5[nH]c(nc6nc(nc([nH]3)c2c1=[N+]=[N-])-c1ccccc1-6)c1ccccc51)-c1ccccc1-4. The summed E-state index contributed by atoms with van der Waals surface area (Å²) < 4.78 is 0. The number of aromatic nitrogens is 8. The average molecular weight is 623 g/mol. The molecule has 5 heterocycles. The molecule has 0 amide bonds. The second-order valence-corrected chi connectivity index (χ2v) is 10.8. The maximum Gasteiger partial charge on any atom is 0.500 e. The molecule has 222 valence electrons. The Labute approximate surface area is 264 Å². The largest absolute Gasteiger partial charge is 0.500 e. The molecule has 16 heteroatoms. The van der Waals surface area contributed by atoms with Crippen molar-refractivity contribution in [2.45, 2.75) is 0 Å². The topological polar surface area (TPSA) is 255 Å². The Morgan fingerprint density at radius 3 is 1.04 bits per heavy atom. The molecule has 0 radical (unpaired) electrons. The van der Waals surface area contributed by atoms with Gasteiger partial charge in [-0.05, 0) is 0 Å². The van der Waals surface area contributed by atoms with Gasteiger partial charge in [-0.15, -0.1) is 9.58 Å². The van der Waals surface area contributed by atoms with Crippen LogP contribution in [0.5, 0.6) is 0 Å². The van der Waals surface area contributed by atoms with E-state index in [1.165, 1.54) is 0 Å². The summed E-state index contributed by atoms with van der Waals surface area (Å²) in [5, 5.41) is 0.0391. The van der Waals surface area contributed by atoms with Crippen LogP contribution in [0.3, 0.4) is 0 Å². The van der Waals surface area contributed by atoms with Crippen molar-refractivity contribution in [3.63, 3.8) is 0 Å². The second kappa shape index (κ2) is 9.89. The summed E-state index contributed by atoms with van der Waals surface area (Å²) in [6, 6.07) is 22.5. The van der Waals surface area contributed by atoms with Crippen LogP contribution in [0.1, 0.15) is 0 Å². The molecule has 9 rings (SSSR count). The third-order valence-electron chi connectivity index (χ3n) is 8.29. The first kappa shape index (κ1) is 26.7. The van der Waals surface area contributed by atoms with Gasteiger partial charge in [0.05, 0.1) is 0 Å². The first-order chi connectivity index (χ1) is 23.6. The fourth-order valence-corrected chi connectivity index (χ4v) is 6.22. The minimum Gasteiger partial charge on any atom is -0.360 e. The van der Waals surface area contributed by atoms with E-state index in [4.69, 9.17) is 29.9 Å². The molecule has 2 aliphatic heterocycles. The maximum absolute atomic E-state index is 10.2. The van der Waals surface area contributed by atoms with Crippen LogP contribution in [0.25, 0.3) is 112 Å². The fraction of sp³-hybridized carbons (Fsp3) is 0. The van der Waals surface area contributed by atoms with Gasteiger partial charge in [0.2, 0.25) is 0 Å². The van der Waals surface area contributed by atoms with E-state index >= 15 is 0 Å². The lowest BCUT2D eigenvalue weighted by Crippen LogP contribution is -2.51. The van der Waals surface area contributed by atoms with Gasteiger partial charge in [-0.2, -0.15) is 9.58 Å². The first-order valence-electron chi connectivity index (χ1n) is 14.4. The number of fused-ring (bicyclic) bond motifs is 20. The molecule has 4 aromatic carbocycles. The van der Waals surface area contributed by atoms with Crippen molar-refractivity contribution in [2.75, 3.05) is 0 Å². The Morgan fingerprint density at radius 1 is 0.375 bits per heavy atom. The molecule has 8 bridgehead atoms. The van der Waals surface area contributed by atoms with Crippen LogP contribution < -0.4 is 21.4 Å². The molecule has 0 atom stereocenters. The van der Waals surface area contributed by atoms with Crippen LogP contribution in [-0.2, 0) is 0 Å². The summed E-state index contributed by atoms with van der Waals surface area (Å²) in [4.78, 5) is 48.5. The molecule has 3 aromatic heterocycles. The summed E-state index contributed by atoms with van der Waals surface area (Å²) in [6.45, 7) is 0. The highest BCUT2D eigenvalue weighted by Gasteiger charge is 2.33. The molecule has 48 heavy (non-hydrogen) atoms. The molecule has 0 spiro atoms. The lowest BCUT2D eigenvalue weighted by molar-refractivity contribution is -0.145. The maximum atomic E-state index is 10.2. The van der Waals surface area contributed by atoms with Crippen LogP contribution in [-0.4, -0.2) is 59.0 Å². The number of aromatic amines is 2. The summed E-state index contributed by atoms with van der Waals surface area (Å²) in [5.41, 5.74) is 44.0. The van der Waals surface area contributed by atoms with Crippen LogP contribution in [0, 0.1) is 0 Å². The molecule has 0 saturated heterocycles. The lowest BCUT2D eigenvalue weighted by atomic mass is 10.1. The molecule has 0 unspecified atom stereocenters. The molecule has 7 aromatic rings. The zero-order valence-electron chi connectivity index (χ0n) is 24.2. The molecule has 0 fully saturated rings. The average Bonchev–Trinajstić information content (AvgIpc) is 3.86. The van der Waals surface area contributed by atoms with Crippen molar-refractivity contribution in [2.24, 2.45) is 0 Å². The van der Waals surface area contributed by atoms with Gasteiger partial charge in [0.1, 0.15) is 22.1 Å². The van der Waals surface area contributed by atoms with Gasteiger partial charge in [-0.25, -0.2) is 29.9 Å². The van der Waals surface area contributed by atoms with E-state index < -0.39 is 10.7 Å². The predicted octanol–water partition coefficient (Wildman–Crippen LogP) is 2.27. The second-order valence-electron chi connectivity index (χ2n) is 10.8. The highest BCUT2D eigenvalue weighted by molar-refractivity contribution is 6.05. The summed E-state index contributed by atoms with van der Waals surface area (Å²) in [7, 11) is 0. The van der Waals surface area contributed by atoms with Gasteiger partial charge in [-0.1, -0.05) is 72.8 Å². The number of nitrogens with zero attached hydrogens (tertiary/aromatic N) is 14. The van der Waals surface area contributed by atoms with Crippen LogP contribution in [0.15, 0.2) is 72.8 Å². The smallest absolute Gasteiger partial charge is 0.360 e. The van der Waals surface area contributed by atoms with E-state index in [1.807, 2.05) is 72.8 Å². The summed E-state index contributed by atoms with van der Waals surface area (Å²) >= 11 is 0. The van der Waals surface area contributed by atoms with E-state index in [9.17, 15) is 22.1 Å². The number of nitrogens with one attached hydrogen (secondary N) is 2. The van der Waals surface area contributed by atoms with E-state index in [0.29, 0.717) is 45.2 Å². The van der Waals surface area contributed by atoms with Gasteiger partial charge < -0.3 is 32.1 Å². The summed E-state index contributed by atoms with van der Waals surface area (Å²) in [6.07, 6.45) is 0. The van der Waals surface area contributed by atoms with E-state index in [0.717, 1.165) is 10.8 Å². The van der Waals surface area contributed by atoms with Gasteiger partial charge >= 0.3 is 21.4 Å².